The summed E-state index contributed by atoms with van der Waals surface area (Å²) in [5, 5.41) is 11.6. The van der Waals surface area contributed by atoms with Crippen molar-refractivity contribution in [1.29, 1.82) is 5.41 Å². The topological polar surface area (TPSA) is 91.5 Å². The quantitative estimate of drug-likeness (QED) is 0.355. The summed E-state index contributed by atoms with van der Waals surface area (Å²) in [7, 11) is 1.81. The Labute approximate surface area is 98.4 Å². The summed E-state index contributed by atoms with van der Waals surface area (Å²) in [5.74, 6) is 4.81. The Balaban J connectivity index is 2.73. The number of hydrogen-bond donors (Lipinski definition) is 3. The molecule has 1 heterocycles. The molecular weight excluding hydrogens is 221 g/mol. The lowest BCUT2D eigenvalue weighted by atomic mass is 9.92. The molecule has 1 aromatic carbocycles. The number of nitrogens with two attached hydrogens (primary N) is 2. The smallest absolute Gasteiger partial charge is 0.126 e. The zero-order valence-corrected chi connectivity index (χ0v) is 9.66. The second kappa shape index (κ2) is 3.73. The van der Waals surface area contributed by atoms with Gasteiger partial charge in [-0.2, -0.15) is 5.10 Å². The molecule has 1 atom stereocenters. The van der Waals surface area contributed by atoms with E-state index in [9.17, 15) is 4.39 Å². The molecule has 0 radical (unpaired) electrons. The molecule has 5 nitrogen and oxygen atoms in total. The molecule has 0 saturated carbocycles. The fraction of sp³-hybridized carbons (Fsp3) is 0.273. The van der Waals surface area contributed by atoms with Crippen LogP contribution < -0.4 is 16.5 Å². The third-order valence-electron chi connectivity index (χ3n) is 3.10. The number of fused-ring (bicyclic) bond motifs is 1. The molecule has 5 N–H and O–H groups in total. The van der Waals surface area contributed by atoms with Gasteiger partial charge in [-0.05, 0) is 19.1 Å². The summed E-state index contributed by atoms with van der Waals surface area (Å²) in [5.41, 5.74) is 7.73. The Morgan fingerprint density at radius 3 is 2.71 bits per heavy atom. The fourth-order valence-corrected chi connectivity index (χ4v) is 2.10. The van der Waals surface area contributed by atoms with Gasteiger partial charge in [0, 0.05) is 12.6 Å². The van der Waals surface area contributed by atoms with Crippen molar-refractivity contribution < 1.29 is 4.39 Å². The summed E-state index contributed by atoms with van der Waals surface area (Å²) in [6.45, 7) is 1.87. The second-order valence-electron chi connectivity index (χ2n) is 4.07. The van der Waals surface area contributed by atoms with Gasteiger partial charge in [-0.25, -0.2) is 4.39 Å². The number of nitrogen functional groups attached to an aromatic ring is 1. The molecule has 0 amide bonds. The van der Waals surface area contributed by atoms with Crippen LogP contribution in [0.4, 0.5) is 15.8 Å². The Hall–Kier alpha value is -2.11. The molecule has 0 saturated heterocycles. The number of nitrogens with one attached hydrogen (secondary N) is 1. The first-order chi connectivity index (χ1) is 7.97. The third-order valence-corrected chi connectivity index (χ3v) is 3.10. The molecule has 0 aromatic heterocycles. The zero-order chi connectivity index (χ0) is 12.7. The largest absolute Gasteiger partial charge is 0.397 e. The molecule has 17 heavy (non-hydrogen) atoms. The van der Waals surface area contributed by atoms with Gasteiger partial charge in [-0.1, -0.05) is 0 Å². The van der Waals surface area contributed by atoms with Gasteiger partial charge in [0.15, 0.2) is 0 Å². The highest BCUT2D eigenvalue weighted by molar-refractivity contribution is 6.51. The predicted molar refractivity (Wildman–Crippen MR) is 67.1 cm³/mol. The van der Waals surface area contributed by atoms with Gasteiger partial charge in [0.05, 0.1) is 23.1 Å². The summed E-state index contributed by atoms with van der Waals surface area (Å²) in [6.07, 6.45) is 0. The van der Waals surface area contributed by atoms with Crippen LogP contribution in [0.15, 0.2) is 17.2 Å². The lowest BCUT2D eigenvalue weighted by Crippen LogP contribution is -2.46. The molecular formula is C11H14FN5. The highest BCUT2D eigenvalue weighted by Crippen LogP contribution is 2.34. The number of rotatable bonds is 0. The van der Waals surface area contributed by atoms with Gasteiger partial charge in [0.25, 0.3) is 0 Å². The molecule has 0 aliphatic carbocycles. The molecule has 1 aromatic rings. The third kappa shape index (κ3) is 1.52. The first-order valence-electron chi connectivity index (χ1n) is 5.16. The maximum Gasteiger partial charge on any atom is 0.126 e. The van der Waals surface area contributed by atoms with Crippen molar-refractivity contribution in [2.45, 2.75) is 13.0 Å². The minimum absolute atomic E-state index is 0.124. The van der Waals surface area contributed by atoms with Gasteiger partial charge in [-0.3, -0.25) is 5.41 Å². The van der Waals surface area contributed by atoms with Crippen LogP contribution in [0, 0.1) is 11.2 Å². The zero-order valence-electron chi connectivity index (χ0n) is 9.66. The van der Waals surface area contributed by atoms with Crippen molar-refractivity contribution in [3.63, 3.8) is 0 Å². The predicted octanol–water partition coefficient (Wildman–Crippen LogP) is 0.929. The average molecular weight is 235 g/mol. The molecule has 1 aliphatic rings. The second-order valence-corrected chi connectivity index (χ2v) is 4.07. The lowest BCUT2D eigenvalue weighted by molar-refractivity contribution is 0.627. The van der Waals surface area contributed by atoms with E-state index in [1.165, 1.54) is 12.1 Å². The van der Waals surface area contributed by atoms with Crippen molar-refractivity contribution in [3.8, 4) is 0 Å². The number of halogens is 1. The molecule has 1 unspecified atom stereocenters. The van der Waals surface area contributed by atoms with Gasteiger partial charge < -0.3 is 16.5 Å². The summed E-state index contributed by atoms with van der Waals surface area (Å²) in [4.78, 5) is 1.84. The molecule has 2 rings (SSSR count). The number of anilines is 2. The van der Waals surface area contributed by atoms with E-state index in [1.807, 2.05) is 18.9 Å². The van der Waals surface area contributed by atoms with Crippen LogP contribution >= 0.6 is 0 Å². The van der Waals surface area contributed by atoms with Crippen LogP contribution in [0.25, 0.3) is 0 Å². The van der Waals surface area contributed by atoms with Gasteiger partial charge in [-0.15, -0.1) is 0 Å². The summed E-state index contributed by atoms with van der Waals surface area (Å²) < 4.78 is 13.3. The van der Waals surface area contributed by atoms with Crippen molar-refractivity contribution >= 4 is 22.8 Å². The molecule has 0 spiro atoms. The lowest BCUT2D eigenvalue weighted by Gasteiger charge is -2.35. The van der Waals surface area contributed by atoms with E-state index in [4.69, 9.17) is 17.0 Å². The van der Waals surface area contributed by atoms with E-state index in [1.54, 1.807) is 0 Å². The van der Waals surface area contributed by atoms with Crippen molar-refractivity contribution in [1.82, 2.24) is 0 Å². The van der Waals surface area contributed by atoms with Crippen molar-refractivity contribution in [3.05, 3.63) is 23.5 Å². The minimum Gasteiger partial charge on any atom is -0.397 e. The Kier molecular flexibility index (Phi) is 2.49. The number of nitrogens with zero attached hydrogens (tertiary/aromatic N) is 2. The number of hydrogen-bond acceptors (Lipinski definition) is 5. The molecule has 90 valence electrons. The first kappa shape index (κ1) is 11.4. The molecule has 1 aliphatic heterocycles. The van der Waals surface area contributed by atoms with Crippen LogP contribution in [0.5, 0.6) is 0 Å². The van der Waals surface area contributed by atoms with E-state index in [-0.39, 0.29) is 11.8 Å². The number of hydrazone groups is 1. The van der Waals surface area contributed by atoms with E-state index >= 15 is 0 Å². The van der Waals surface area contributed by atoms with Crippen LogP contribution in [0.2, 0.25) is 0 Å². The normalized spacial score (nSPS) is 21.8. The first-order valence-corrected chi connectivity index (χ1v) is 5.16. The molecule has 0 fully saturated rings. The molecule has 0 bridgehead atoms. The van der Waals surface area contributed by atoms with Crippen LogP contribution in [-0.4, -0.2) is 24.5 Å². The maximum absolute atomic E-state index is 13.3. The number of benzene rings is 1. The standard InChI is InChI=1S/C11H14FN5/c1-5-10(16-15)9(14)7-3-6(12)4-8(13)11(7)17(5)2/h3-5,14H,13,15H2,1-2H3/b14-9?,16-10-. The van der Waals surface area contributed by atoms with Gasteiger partial charge in [0.2, 0.25) is 0 Å². The molecule has 6 heteroatoms. The van der Waals surface area contributed by atoms with Gasteiger partial charge in [0.1, 0.15) is 11.5 Å². The van der Waals surface area contributed by atoms with Crippen molar-refractivity contribution in [2.75, 3.05) is 17.7 Å². The maximum atomic E-state index is 13.3. The summed E-state index contributed by atoms with van der Waals surface area (Å²) >= 11 is 0. The van der Waals surface area contributed by atoms with Crippen LogP contribution in [-0.2, 0) is 0 Å². The van der Waals surface area contributed by atoms with E-state index in [0.29, 0.717) is 22.6 Å². The SMILES string of the molecule is CC1/C(=N/N)C(=N)c2cc(F)cc(N)c2N1C. The minimum atomic E-state index is -0.467. The van der Waals surface area contributed by atoms with E-state index < -0.39 is 5.82 Å². The van der Waals surface area contributed by atoms with Crippen molar-refractivity contribution in [2.24, 2.45) is 10.9 Å². The monoisotopic (exact) mass is 235 g/mol. The average Bonchev–Trinajstić information content (AvgIpc) is 2.26. The highest BCUT2D eigenvalue weighted by atomic mass is 19.1. The Morgan fingerprint density at radius 1 is 1.47 bits per heavy atom. The highest BCUT2D eigenvalue weighted by Gasteiger charge is 2.32. The van der Waals surface area contributed by atoms with Crippen LogP contribution in [0.3, 0.4) is 0 Å². The summed E-state index contributed by atoms with van der Waals surface area (Å²) in [6, 6.07) is 2.37. The Bertz CT molecular complexity index is 523. The van der Waals surface area contributed by atoms with E-state index in [0.717, 1.165) is 0 Å². The van der Waals surface area contributed by atoms with Gasteiger partial charge >= 0.3 is 0 Å². The van der Waals surface area contributed by atoms with Crippen LogP contribution in [0.1, 0.15) is 12.5 Å². The van der Waals surface area contributed by atoms with E-state index in [2.05, 4.69) is 5.10 Å². The Morgan fingerprint density at radius 2 is 2.12 bits per heavy atom. The fourth-order valence-electron chi connectivity index (χ4n) is 2.10.